The van der Waals surface area contributed by atoms with Crippen molar-refractivity contribution >= 4 is 24.0 Å². The molecule has 1 aromatic carbocycles. The molecule has 17 heavy (non-hydrogen) atoms. The number of imidazole rings is 1. The van der Waals surface area contributed by atoms with Crippen LogP contribution in [0.3, 0.4) is 0 Å². The maximum Gasteiger partial charge on any atom is 0.288 e. The fourth-order valence-electron chi connectivity index (χ4n) is 1.59. The molecule has 0 radical (unpaired) electrons. The molecule has 2 aromatic rings. The first-order chi connectivity index (χ1) is 8.09. The molecule has 0 aliphatic rings. The number of rotatable bonds is 3. The molecule has 1 heterocycles. The second kappa shape index (κ2) is 5.01. The summed E-state index contributed by atoms with van der Waals surface area (Å²) in [6.07, 6.45) is 1.76. The fourth-order valence-corrected chi connectivity index (χ4v) is 2.52. The van der Waals surface area contributed by atoms with Crippen LogP contribution < -0.4 is 0 Å². The minimum Gasteiger partial charge on any atom is -0.337 e. The molecule has 0 saturated carbocycles. The highest BCUT2D eigenvalue weighted by atomic mass is 32.2. The molecule has 90 valence electrons. The van der Waals surface area contributed by atoms with Gasteiger partial charge in [-0.1, -0.05) is 23.9 Å². The van der Waals surface area contributed by atoms with E-state index in [2.05, 4.69) is 4.98 Å². The largest absolute Gasteiger partial charge is 0.337 e. The van der Waals surface area contributed by atoms with Crippen LogP contribution in [0.2, 0.25) is 0 Å². The van der Waals surface area contributed by atoms with E-state index in [1.54, 1.807) is 35.0 Å². The summed E-state index contributed by atoms with van der Waals surface area (Å²) >= 11 is 5.67. The van der Waals surface area contributed by atoms with Gasteiger partial charge in [0, 0.05) is 16.8 Å². The molecule has 0 spiro atoms. The minimum absolute atomic E-state index is 0.504. The van der Waals surface area contributed by atoms with Gasteiger partial charge in [0.15, 0.2) is 4.77 Å². The summed E-state index contributed by atoms with van der Waals surface area (Å²) in [5.74, 6) is -2.44. The summed E-state index contributed by atoms with van der Waals surface area (Å²) in [5, 5.41) is 0. The van der Waals surface area contributed by atoms with Crippen molar-refractivity contribution in [3.63, 3.8) is 0 Å². The van der Waals surface area contributed by atoms with E-state index in [1.165, 1.54) is 0 Å². The highest BCUT2D eigenvalue weighted by Gasteiger charge is 2.12. The van der Waals surface area contributed by atoms with Crippen LogP contribution >= 0.6 is 24.0 Å². The smallest absolute Gasteiger partial charge is 0.288 e. The average Bonchev–Trinajstić information content (AvgIpc) is 2.59. The van der Waals surface area contributed by atoms with E-state index >= 15 is 0 Å². The number of H-pyrrole nitrogens is 1. The Morgan fingerprint density at radius 3 is 2.65 bits per heavy atom. The average molecular weight is 272 g/mol. The number of nitrogens with zero attached hydrogens (tertiary/aromatic N) is 1. The first kappa shape index (κ1) is 12.3. The van der Waals surface area contributed by atoms with Gasteiger partial charge >= 0.3 is 0 Å². The van der Waals surface area contributed by atoms with Crippen molar-refractivity contribution in [2.75, 3.05) is 0 Å². The Balaban J connectivity index is 2.56. The number of hydrogen-bond donors (Lipinski definition) is 1. The van der Waals surface area contributed by atoms with E-state index in [1.807, 2.05) is 6.92 Å². The number of benzene rings is 1. The molecule has 0 atom stereocenters. The van der Waals surface area contributed by atoms with Gasteiger partial charge in [0.25, 0.3) is 5.76 Å². The second-order valence-corrected chi connectivity index (χ2v) is 4.84. The van der Waals surface area contributed by atoms with Gasteiger partial charge in [0.2, 0.25) is 0 Å². The van der Waals surface area contributed by atoms with E-state index < -0.39 is 5.76 Å². The van der Waals surface area contributed by atoms with Gasteiger partial charge in [-0.05, 0) is 31.3 Å². The summed E-state index contributed by atoms with van der Waals surface area (Å²) in [5.41, 5.74) is 1.57. The number of para-hydroxylation sites is 1. The Morgan fingerprint density at radius 2 is 2.06 bits per heavy atom. The Labute approximate surface area is 107 Å². The molecule has 0 amide bonds. The third-order valence-electron chi connectivity index (χ3n) is 2.28. The zero-order valence-corrected chi connectivity index (χ0v) is 10.6. The van der Waals surface area contributed by atoms with Crippen molar-refractivity contribution in [1.29, 1.82) is 0 Å². The molecule has 2 nitrogen and oxygen atoms in total. The first-order valence-electron chi connectivity index (χ1n) is 4.91. The SMILES string of the molecule is Cc1c[nH]c(=S)n1-c1ccccc1SC(F)F. The quantitative estimate of drug-likeness (QED) is 0.669. The molecule has 0 bridgehead atoms. The third kappa shape index (κ3) is 2.58. The van der Waals surface area contributed by atoms with Crippen LogP contribution in [-0.2, 0) is 0 Å². The van der Waals surface area contributed by atoms with Gasteiger partial charge in [-0.15, -0.1) is 0 Å². The van der Waals surface area contributed by atoms with Crippen LogP contribution in [0.1, 0.15) is 5.69 Å². The Hall–Kier alpha value is -1.14. The number of halogens is 2. The summed E-state index contributed by atoms with van der Waals surface area (Å²) in [7, 11) is 0. The molecule has 0 unspecified atom stereocenters. The molecule has 0 aliphatic heterocycles. The molecule has 0 aliphatic carbocycles. The Bertz CT molecular complexity index is 575. The second-order valence-electron chi connectivity index (χ2n) is 3.42. The monoisotopic (exact) mass is 272 g/mol. The predicted molar refractivity (Wildman–Crippen MR) is 67.6 cm³/mol. The number of aromatic nitrogens is 2. The van der Waals surface area contributed by atoms with Crippen molar-refractivity contribution in [3.8, 4) is 5.69 Å². The first-order valence-corrected chi connectivity index (χ1v) is 6.19. The lowest BCUT2D eigenvalue weighted by atomic mass is 10.3. The van der Waals surface area contributed by atoms with E-state index in [9.17, 15) is 8.78 Å². The molecule has 6 heteroatoms. The summed E-state index contributed by atoms with van der Waals surface area (Å²) in [4.78, 5) is 3.41. The minimum atomic E-state index is -2.44. The van der Waals surface area contributed by atoms with Crippen molar-refractivity contribution in [1.82, 2.24) is 9.55 Å². The number of hydrogen-bond acceptors (Lipinski definition) is 2. The summed E-state index contributed by atoms with van der Waals surface area (Å²) < 4.78 is 27.2. The van der Waals surface area contributed by atoms with E-state index in [-0.39, 0.29) is 0 Å². The maximum absolute atomic E-state index is 12.5. The molecule has 1 aromatic heterocycles. The number of thioether (sulfide) groups is 1. The van der Waals surface area contributed by atoms with E-state index in [0.717, 1.165) is 5.69 Å². The third-order valence-corrected chi connectivity index (χ3v) is 3.36. The lowest BCUT2D eigenvalue weighted by Gasteiger charge is -2.10. The molecular formula is C11H10F2N2S2. The topological polar surface area (TPSA) is 20.7 Å². The number of aromatic amines is 1. The number of aryl methyl sites for hydroxylation is 1. The Morgan fingerprint density at radius 1 is 1.35 bits per heavy atom. The molecule has 2 rings (SSSR count). The van der Waals surface area contributed by atoms with Crippen LogP contribution in [0.15, 0.2) is 35.4 Å². The number of nitrogens with one attached hydrogen (secondary N) is 1. The molecule has 1 N–H and O–H groups in total. The molecular weight excluding hydrogens is 262 g/mol. The van der Waals surface area contributed by atoms with Crippen LogP contribution in [0, 0.1) is 11.7 Å². The van der Waals surface area contributed by atoms with Crippen LogP contribution in [0.5, 0.6) is 0 Å². The maximum atomic E-state index is 12.5. The van der Waals surface area contributed by atoms with Gasteiger partial charge in [-0.2, -0.15) is 8.78 Å². The van der Waals surface area contributed by atoms with Gasteiger partial charge < -0.3 is 4.98 Å². The zero-order valence-electron chi connectivity index (χ0n) is 8.98. The van der Waals surface area contributed by atoms with Crippen molar-refractivity contribution in [3.05, 3.63) is 40.9 Å². The lowest BCUT2D eigenvalue weighted by Crippen LogP contribution is -1.99. The standard InChI is InChI=1S/C11H10F2N2S2/c1-7-6-14-11(16)15(7)8-4-2-3-5-9(8)17-10(12)13/h2-6,10H,1H3,(H,14,16). The normalized spacial score (nSPS) is 11.1. The van der Waals surface area contributed by atoms with Crippen molar-refractivity contribution in [2.24, 2.45) is 0 Å². The van der Waals surface area contributed by atoms with Gasteiger partial charge in [0.05, 0.1) is 5.69 Å². The van der Waals surface area contributed by atoms with Crippen molar-refractivity contribution < 1.29 is 8.78 Å². The van der Waals surface area contributed by atoms with Crippen LogP contribution in [-0.4, -0.2) is 15.3 Å². The Kier molecular flexibility index (Phi) is 3.63. The highest BCUT2D eigenvalue weighted by molar-refractivity contribution is 7.99. The fraction of sp³-hybridized carbons (Fsp3) is 0.182. The van der Waals surface area contributed by atoms with Crippen LogP contribution in [0.25, 0.3) is 5.69 Å². The highest BCUT2D eigenvalue weighted by Crippen LogP contribution is 2.31. The van der Waals surface area contributed by atoms with Crippen LogP contribution in [0.4, 0.5) is 8.78 Å². The van der Waals surface area contributed by atoms with E-state index in [0.29, 0.717) is 27.1 Å². The number of alkyl halides is 2. The molecule has 0 saturated heterocycles. The lowest BCUT2D eigenvalue weighted by molar-refractivity contribution is 0.252. The summed E-state index contributed by atoms with van der Waals surface area (Å²) in [6.45, 7) is 1.87. The van der Waals surface area contributed by atoms with Crippen molar-refractivity contribution in [2.45, 2.75) is 17.6 Å². The predicted octanol–water partition coefficient (Wildman–Crippen LogP) is 4.16. The van der Waals surface area contributed by atoms with Gasteiger partial charge in [-0.3, -0.25) is 4.57 Å². The van der Waals surface area contributed by atoms with E-state index in [4.69, 9.17) is 12.2 Å². The summed E-state index contributed by atoms with van der Waals surface area (Å²) in [6, 6.07) is 6.99. The van der Waals surface area contributed by atoms with Gasteiger partial charge in [-0.25, -0.2) is 0 Å². The van der Waals surface area contributed by atoms with Gasteiger partial charge in [0.1, 0.15) is 0 Å². The molecule has 0 fully saturated rings. The zero-order chi connectivity index (χ0) is 12.4.